The predicted octanol–water partition coefficient (Wildman–Crippen LogP) is 4.23. The lowest BCUT2D eigenvalue weighted by atomic mass is 10.1. The Balaban J connectivity index is 2.07. The zero-order valence-corrected chi connectivity index (χ0v) is 12.9. The predicted molar refractivity (Wildman–Crippen MR) is 89.8 cm³/mol. The third kappa shape index (κ3) is 4.42. The van der Waals surface area contributed by atoms with E-state index >= 15 is 0 Å². The van der Waals surface area contributed by atoms with Gasteiger partial charge in [0.1, 0.15) is 5.75 Å². The summed E-state index contributed by atoms with van der Waals surface area (Å²) in [5.74, 6) is 0.822. The van der Waals surface area contributed by atoms with Crippen molar-refractivity contribution in [3.05, 3.63) is 53.6 Å². The Hall–Kier alpha value is -2.16. The highest BCUT2D eigenvalue weighted by Gasteiger charge is 2.02. The average Bonchev–Trinajstić information content (AvgIpc) is 2.50. The summed E-state index contributed by atoms with van der Waals surface area (Å²) >= 11 is 0. The van der Waals surface area contributed by atoms with Crippen molar-refractivity contribution in [3.8, 4) is 5.75 Å². The summed E-state index contributed by atoms with van der Waals surface area (Å²) in [4.78, 5) is 0. The summed E-state index contributed by atoms with van der Waals surface area (Å²) in [6, 6.07) is 14.3. The molecule has 3 nitrogen and oxygen atoms in total. The monoisotopic (exact) mass is 284 g/mol. The smallest absolute Gasteiger partial charge is 0.123 e. The Morgan fingerprint density at radius 2 is 1.81 bits per heavy atom. The average molecular weight is 284 g/mol. The van der Waals surface area contributed by atoms with Gasteiger partial charge >= 0.3 is 0 Å². The second-order valence-electron chi connectivity index (χ2n) is 5.12. The molecule has 0 spiro atoms. The van der Waals surface area contributed by atoms with Gasteiger partial charge in [0.2, 0.25) is 0 Å². The fourth-order valence-electron chi connectivity index (χ4n) is 2.30. The van der Waals surface area contributed by atoms with Gasteiger partial charge in [0, 0.05) is 30.1 Å². The van der Waals surface area contributed by atoms with Gasteiger partial charge in [-0.3, -0.25) is 0 Å². The number of hydrogen-bond donors (Lipinski definition) is 2. The zero-order valence-electron chi connectivity index (χ0n) is 12.9. The van der Waals surface area contributed by atoms with Crippen LogP contribution >= 0.6 is 0 Å². The van der Waals surface area contributed by atoms with Gasteiger partial charge in [0.25, 0.3) is 0 Å². The van der Waals surface area contributed by atoms with Crippen LogP contribution in [0, 0.1) is 0 Å². The molecule has 0 aromatic heterocycles. The van der Waals surface area contributed by atoms with Crippen LogP contribution in [0.2, 0.25) is 0 Å². The third-order valence-electron chi connectivity index (χ3n) is 3.38. The van der Waals surface area contributed by atoms with Crippen LogP contribution < -0.4 is 15.8 Å². The maximum absolute atomic E-state index is 5.94. The largest absolute Gasteiger partial charge is 0.493 e. The fourth-order valence-corrected chi connectivity index (χ4v) is 2.30. The fraction of sp³-hybridized carbons (Fsp3) is 0.333. The van der Waals surface area contributed by atoms with E-state index in [1.807, 2.05) is 18.2 Å². The lowest BCUT2D eigenvalue weighted by Crippen LogP contribution is -2.04. The van der Waals surface area contributed by atoms with Crippen molar-refractivity contribution in [2.75, 3.05) is 17.7 Å². The number of anilines is 2. The highest BCUT2D eigenvalue weighted by Crippen LogP contribution is 2.23. The molecule has 0 saturated carbocycles. The van der Waals surface area contributed by atoms with Gasteiger partial charge in [-0.1, -0.05) is 38.1 Å². The van der Waals surface area contributed by atoms with Crippen molar-refractivity contribution in [3.63, 3.8) is 0 Å². The van der Waals surface area contributed by atoms with E-state index in [-0.39, 0.29) is 0 Å². The summed E-state index contributed by atoms with van der Waals surface area (Å²) in [6.45, 7) is 5.77. The Labute approximate surface area is 127 Å². The molecule has 0 unspecified atom stereocenters. The van der Waals surface area contributed by atoms with Gasteiger partial charge in [0.15, 0.2) is 0 Å². The van der Waals surface area contributed by atoms with Gasteiger partial charge in [0.05, 0.1) is 6.61 Å². The second-order valence-corrected chi connectivity index (χ2v) is 5.12. The van der Waals surface area contributed by atoms with Crippen LogP contribution in [0.1, 0.15) is 31.4 Å². The molecule has 0 aliphatic rings. The van der Waals surface area contributed by atoms with Crippen LogP contribution in [0.4, 0.5) is 11.4 Å². The number of ether oxygens (including phenoxy) is 1. The van der Waals surface area contributed by atoms with Crippen LogP contribution in [-0.2, 0) is 13.0 Å². The molecule has 0 aliphatic heterocycles. The van der Waals surface area contributed by atoms with E-state index in [1.165, 1.54) is 11.1 Å². The Morgan fingerprint density at radius 1 is 1.05 bits per heavy atom. The van der Waals surface area contributed by atoms with E-state index < -0.39 is 0 Å². The first-order valence-corrected chi connectivity index (χ1v) is 7.57. The van der Waals surface area contributed by atoms with Gasteiger partial charge in [-0.05, 0) is 30.0 Å². The van der Waals surface area contributed by atoms with Crippen molar-refractivity contribution in [1.82, 2.24) is 0 Å². The van der Waals surface area contributed by atoms with Crippen molar-refractivity contribution in [1.29, 1.82) is 0 Å². The van der Waals surface area contributed by atoms with Gasteiger partial charge in [-0.2, -0.15) is 0 Å². The van der Waals surface area contributed by atoms with E-state index in [0.717, 1.165) is 36.5 Å². The molecule has 0 heterocycles. The second kappa shape index (κ2) is 7.58. The molecule has 3 heteroatoms. The molecule has 0 saturated heterocycles. The molecule has 0 atom stereocenters. The minimum Gasteiger partial charge on any atom is -0.493 e. The number of benzene rings is 2. The Morgan fingerprint density at radius 3 is 2.52 bits per heavy atom. The highest BCUT2D eigenvalue weighted by molar-refractivity contribution is 5.59. The molecule has 0 radical (unpaired) electrons. The molecule has 0 bridgehead atoms. The quantitative estimate of drug-likeness (QED) is 0.748. The minimum absolute atomic E-state index is 0.710. The number of nitrogens with two attached hydrogens (primary N) is 1. The first-order valence-electron chi connectivity index (χ1n) is 7.57. The molecule has 0 amide bonds. The maximum atomic E-state index is 5.94. The molecule has 0 aliphatic carbocycles. The summed E-state index contributed by atoms with van der Waals surface area (Å²) in [5.41, 5.74) is 10.3. The van der Waals surface area contributed by atoms with Gasteiger partial charge < -0.3 is 15.8 Å². The van der Waals surface area contributed by atoms with Crippen molar-refractivity contribution < 1.29 is 4.74 Å². The van der Waals surface area contributed by atoms with Crippen LogP contribution in [0.5, 0.6) is 5.75 Å². The Bertz CT molecular complexity index is 581. The van der Waals surface area contributed by atoms with E-state index in [4.69, 9.17) is 10.5 Å². The Kier molecular flexibility index (Phi) is 5.50. The minimum atomic E-state index is 0.710. The van der Waals surface area contributed by atoms with Crippen molar-refractivity contribution in [2.45, 2.75) is 33.2 Å². The van der Waals surface area contributed by atoms with Crippen LogP contribution in [0.15, 0.2) is 42.5 Å². The van der Waals surface area contributed by atoms with E-state index in [0.29, 0.717) is 6.61 Å². The number of aryl methyl sites for hydroxylation is 1. The third-order valence-corrected chi connectivity index (χ3v) is 3.38. The topological polar surface area (TPSA) is 47.3 Å². The summed E-state index contributed by atoms with van der Waals surface area (Å²) in [6.07, 6.45) is 2.03. The molecule has 112 valence electrons. The molecule has 2 aromatic rings. The first kappa shape index (κ1) is 15.2. The normalized spacial score (nSPS) is 10.4. The lowest BCUT2D eigenvalue weighted by molar-refractivity contribution is 0.318. The van der Waals surface area contributed by atoms with E-state index in [1.54, 1.807) is 0 Å². The number of rotatable bonds is 7. The van der Waals surface area contributed by atoms with Gasteiger partial charge in [-0.15, -0.1) is 0 Å². The summed E-state index contributed by atoms with van der Waals surface area (Å²) in [5, 5.41) is 3.43. The first-order chi connectivity index (χ1) is 10.2. The molecule has 3 N–H and O–H groups in total. The molecule has 2 aromatic carbocycles. The number of nitrogen functional groups attached to an aromatic ring is 1. The zero-order chi connectivity index (χ0) is 15.1. The SMILES string of the molecule is CCCOc1cc(N)cc(NCc2ccccc2CC)c1. The summed E-state index contributed by atoms with van der Waals surface area (Å²) < 4.78 is 5.65. The highest BCUT2D eigenvalue weighted by atomic mass is 16.5. The molecule has 0 fully saturated rings. The van der Waals surface area contributed by atoms with Crippen molar-refractivity contribution >= 4 is 11.4 Å². The maximum Gasteiger partial charge on any atom is 0.123 e. The number of hydrogen-bond acceptors (Lipinski definition) is 3. The molecule has 21 heavy (non-hydrogen) atoms. The van der Waals surface area contributed by atoms with Crippen LogP contribution in [-0.4, -0.2) is 6.61 Å². The van der Waals surface area contributed by atoms with Crippen LogP contribution in [0.3, 0.4) is 0 Å². The molecular formula is C18H24N2O. The van der Waals surface area contributed by atoms with Crippen molar-refractivity contribution in [2.24, 2.45) is 0 Å². The lowest BCUT2D eigenvalue weighted by Gasteiger charge is -2.13. The van der Waals surface area contributed by atoms with E-state index in [9.17, 15) is 0 Å². The van der Waals surface area contributed by atoms with E-state index in [2.05, 4.69) is 43.4 Å². The summed E-state index contributed by atoms with van der Waals surface area (Å²) in [7, 11) is 0. The number of nitrogens with one attached hydrogen (secondary N) is 1. The molecular weight excluding hydrogens is 260 g/mol. The molecule has 2 rings (SSSR count). The van der Waals surface area contributed by atoms with Gasteiger partial charge in [-0.25, -0.2) is 0 Å². The van der Waals surface area contributed by atoms with Crippen LogP contribution in [0.25, 0.3) is 0 Å². The standard InChI is InChI=1S/C18H24N2O/c1-3-9-21-18-11-16(19)10-17(12-18)20-13-15-8-6-5-7-14(15)4-2/h5-8,10-12,20H,3-4,9,13,19H2,1-2H3.